The van der Waals surface area contributed by atoms with Gasteiger partial charge in [0.15, 0.2) is 5.78 Å². The molecule has 0 aliphatic heterocycles. The first-order chi connectivity index (χ1) is 23.3. The fourth-order valence-electron chi connectivity index (χ4n) is 6.36. The lowest BCUT2D eigenvalue weighted by Gasteiger charge is -2.24. The molecule has 2 atom stereocenters. The lowest BCUT2D eigenvalue weighted by atomic mass is 9.89. The number of urea groups is 1. The molecule has 4 rings (SSSR count). The number of Topliss-reactive ketones (excluding diaryl/α,β-unsaturated/α-hetero) is 1. The average molecular weight is 672 g/mol. The van der Waals surface area contributed by atoms with Crippen LogP contribution in [0.2, 0.25) is 0 Å². The number of alkyl carbamates (subject to hydrolysis) is 1. The Kier molecular flexibility index (Phi) is 12.4. The molecule has 1 aliphatic carbocycles. The predicted octanol–water partition coefficient (Wildman–Crippen LogP) is 5.42. The fraction of sp³-hybridized carbons (Fsp3) is 0.378. The highest BCUT2D eigenvalue weighted by molar-refractivity contribution is 5.98. The molecule has 5 amide bonds. The smallest absolute Gasteiger partial charge is 0.407 e. The number of ketones is 1. The third kappa shape index (κ3) is 9.59. The summed E-state index contributed by atoms with van der Waals surface area (Å²) in [4.78, 5) is 62.8. The van der Waals surface area contributed by atoms with Gasteiger partial charge in [0.25, 0.3) is 0 Å². The molecule has 1 unspecified atom stereocenters. The molecule has 260 valence electrons. The topological polar surface area (TPSA) is 192 Å². The molecule has 0 aromatic heterocycles. The van der Waals surface area contributed by atoms with Crippen LogP contribution in [-0.4, -0.2) is 49.1 Å². The van der Waals surface area contributed by atoms with Gasteiger partial charge in [0, 0.05) is 30.5 Å². The van der Waals surface area contributed by atoms with Crippen LogP contribution < -0.4 is 27.4 Å². The van der Waals surface area contributed by atoms with E-state index in [-0.39, 0.29) is 56.1 Å². The van der Waals surface area contributed by atoms with Crippen LogP contribution in [0.5, 0.6) is 0 Å². The molecule has 3 aromatic rings. The van der Waals surface area contributed by atoms with Gasteiger partial charge in [0.1, 0.15) is 13.2 Å². The van der Waals surface area contributed by atoms with Crippen LogP contribution in [0.25, 0.3) is 11.1 Å². The molecule has 3 aromatic carbocycles. The minimum absolute atomic E-state index is 0.0114. The van der Waals surface area contributed by atoms with Gasteiger partial charge in [-0.15, -0.1) is 0 Å². The molecule has 49 heavy (non-hydrogen) atoms. The summed E-state index contributed by atoms with van der Waals surface area (Å²) >= 11 is 0. The molecular weight excluding hydrogens is 626 g/mol. The Hall–Kier alpha value is -5.39. The number of amides is 5. The molecule has 0 saturated carbocycles. The first kappa shape index (κ1) is 36.4. The molecule has 0 spiro atoms. The molecule has 12 nitrogen and oxygen atoms in total. The van der Waals surface area contributed by atoms with E-state index in [1.54, 1.807) is 26.0 Å². The first-order valence-electron chi connectivity index (χ1n) is 16.4. The number of hydrogen-bond donors (Lipinski definition) is 5. The van der Waals surface area contributed by atoms with Gasteiger partial charge in [-0.25, -0.2) is 14.4 Å². The van der Waals surface area contributed by atoms with Crippen molar-refractivity contribution in [2.75, 3.05) is 18.5 Å². The Morgan fingerprint density at radius 1 is 0.857 bits per heavy atom. The van der Waals surface area contributed by atoms with E-state index in [1.807, 2.05) is 50.2 Å². The highest BCUT2D eigenvalue weighted by Gasteiger charge is 2.32. The second-order valence-corrected chi connectivity index (χ2v) is 12.7. The van der Waals surface area contributed by atoms with Gasteiger partial charge in [-0.05, 0) is 71.6 Å². The van der Waals surface area contributed by atoms with Crippen molar-refractivity contribution < 1.29 is 33.4 Å². The van der Waals surface area contributed by atoms with E-state index in [0.29, 0.717) is 17.7 Å². The zero-order valence-corrected chi connectivity index (χ0v) is 28.3. The molecule has 0 saturated heterocycles. The van der Waals surface area contributed by atoms with Gasteiger partial charge in [-0.2, -0.15) is 0 Å². The number of primary amides is 2. The van der Waals surface area contributed by atoms with Crippen molar-refractivity contribution in [3.63, 3.8) is 0 Å². The van der Waals surface area contributed by atoms with Crippen LogP contribution in [0.15, 0.2) is 60.7 Å². The Morgan fingerprint density at radius 3 is 2.00 bits per heavy atom. The summed E-state index contributed by atoms with van der Waals surface area (Å²) in [7, 11) is 0. The summed E-state index contributed by atoms with van der Waals surface area (Å²) in [6.45, 7) is 7.56. The predicted molar refractivity (Wildman–Crippen MR) is 186 cm³/mol. The number of fused-ring (bicyclic) bond motifs is 3. The van der Waals surface area contributed by atoms with Crippen LogP contribution in [-0.2, 0) is 25.7 Å². The van der Waals surface area contributed by atoms with Gasteiger partial charge in [-0.3, -0.25) is 9.59 Å². The Bertz CT molecular complexity index is 1640. The van der Waals surface area contributed by atoms with Crippen molar-refractivity contribution in [3.8, 4) is 11.1 Å². The molecular formula is C37H45N5O7. The van der Waals surface area contributed by atoms with Crippen molar-refractivity contribution in [3.05, 3.63) is 88.5 Å². The van der Waals surface area contributed by atoms with E-state index in [0.717, 1.165) is 33.4 Å². The summed E-state index contributed by atoms with van der Waals surface area (Å²) in [5.74, 6) is -1.90. The van der Waals surface area contributed by atoms with Crippen LogP contribution in [0.1, 0.15) is 66.8 Å². The van der Waals surface area contributed by atoms with Crippen molar-refractivity contribution >= 4 is 35.6 Å². The average Bonchev–Trinajstić information content (AvgIpc) is 3.37. The number of aryl methyl sites for hydroxylation is 2. The maximum absolute atomic E-state index is 13.7. The number of anilines is 1. The first-order valence-corrected chi connectivity index (χ1v) is 16.4. The SMILES string of the molecule is Cc1cc(COC(N)=O)cc(C)c1NC(=O)[C@H](CCCNC(N)=O)CC(=O)C(NC(=O)OCC1c2ccccc2-c2ccccc21)C(C)C. The number of carbonyl (C=O) groups excluding carboxylic acids is 5. The molecule has 1 aliphatic rings. The normalized spacial score (nSPS) is 13.1. The van der Waals surface area contributed by atoms with Crippen LogP contribution in [0, 0.1) is 25.7 Å². The summed E-state index contributed by atoms with van der Waals surface area (Å²) in [6.07, 6.45) is -1.10. The molecule has 12 heteroatoms. The second kappa shape index (κ2) is 16.6. The quantitative estimate of drug-likeness (QED) is 0.133. The lowest BCUT2D eigenvalue weighted by molar-refractivity contribution is -0.128. The van der Waals surface area contributed by atoms with Crippen LogP contribution in [0.4, 0.5) is 20.1 Å². The summed E-state index contributed by atoms with van der Waals surface area (Å²) in [5.41, 5.74) is 17.4. The Morgan fingerprint density at radius 2 is 1.45 bits per heavy atom. The van der Waals surface area contributed by atoms with Crippen molar-refractivity contribution in [2.45, 2.75) is 65.5 Å². The number of hydrogen-bond acceptors (Lipinski definition) is 7. The number of rotatable bonds is 15. The lowest BCUT2D eigenvalue weighted by Crippen LogP contribution is -2.46. The number of ether oxygens (including phenoxy) is 2. The van der Waals surface area contributed by atoms with E-state index >= 15 is 0 Å². The van der Waals surface area contributed by atoms with E-state index in [2.05, 4.69) is 28.1 Å². The second-order valence-electron chi connectivity index (χ2n) is 12.7. The third-order valence-corrected chi connectivity index (χ3v) is 8.70. The Labute approximate surface area is 286 Å². The maximum Gasteiger partial charge on any atom is 0.407 e. The van der Waals surface area contributed by atoms with Gasteiger partial charge in [0.2, 0.25) is 5.91 Å². The number of benzene rings is 3. The molecule has 0 radical (unpaired) electrons. The molecule has 0 fully saturated rings. The van der Waals surface area contributed by atoms with E-state index in [1.165, 1.54) is 0 Å². The number of carbonyl (C=O) groups is 5. The largest absolute Gasteiger partial charge is 0.449 e. The number of nitrogens with one attached hydrogen (secondary N) is 3. The van der Waals surface area contributed by atoms with Gasteiger partial charge < -0.3 is 36.9 Å². The minimum atomic E-state index is -0.900. The van der Waals surface area contributed by atoms with Crippen molar-refractivity contribution in [2.24, 2.45) is 23.3 Å². The van der Waals surface area contributed by atoms with Gasteiger partial charge in [-0.1, -0.05) is 74.5 Å². The van der Waals surface area contributed by atoms with E-state index < -0.39 is 30.2 Å². The van der Waals surface area contributed by atoms with Crippen LogP contribution in [0.3, 0.4) is 0 Å². The third-order valence-electron chi connectivity index (χ3n) is 8.70. The highest BCUT2D eigenvalue weighted by atomic mass is 16.6. The maximum atomic E-state index is 13.7. The van der Waals surface area contributed by atoms with E-state index in [9.17, 15) is 24.0 Å². The van der Waals surface area contributed by atoms with Gasteiger partial charge >= 0.3 is 18.2 Å². The summed E-state index contributed by atoms with van der Waals surface area (Å²) in [5, 5.41) is 8.21. The zero-order chi connectivity index (χ0) is 35.7. The molecule has 0 bridgehead atoms. The minimum Gasteiger partial charge on any atom is -0.449 e. The van der Waals surface area contributed by atoms with Crippen LogP contribution >= 0.6 is 0 Å². The van der Waals surface area contributed by atoms with E-state index in [4.69, 9.17) is 20.9 Å². The standard InChI is InChI=1S/C37H45N5O7/c1-21(2)32(42-37(47)49-20-30-28-13-7-5-11-26(28)27-12-6-8-14-29(27)30)31(43)18-25(10-9-15-40-35(38)45)34(44)41-33-22(3)16-24(17-23(33)4)19-48-36(39)46/h5-8,11-14,16-17,21,25,30,32H,9-10,15,18-20H2,1-4H3,(H2,39,46)(H,41,44)(H,42,47)(H3,38,40,45)/t25-,32?/m1/s1. The monoisotopic (exact) mass is 671 g/mol. The van der Waals surface area contributed by atoms with Crippen molar-refractivity contribution in [1.29, 1.82) is 0 Å². The van der Waals surface area contributed by atoms with Gasteiger partial charge in [0.05, 0.1) is 6.04 Å². The fourth-order valence-corrected chi connectivity index (χ4v) is 6.36. The number of nitrogens with two attached hydrogens (primary N) is 2. The molecule has 0 heterocycles. The zero-order valence-electron chi connectivity index (χ0n) is 28.3. The Balaban J connectivity index is 1.43. The summed E-state index contributed by atoms with van der Waals surface area (Å²) < 4.78 is 10.6. The highest BCUT2D eigenvalue weighted by Crippen LogP contribution is 2.44. The molecule has 7 N–H and O–H groups in total. The summed E-state index contributed by atoms with van der Waals surface area (Å²) in [6, 6.07) is 18.0. The van der Waals surface area contributed by atoms with Crippen molar-refractivity contribution in [1.82, 2.24) is 10.6 Å².